The molecule has 0 aromatic carbocycles. The molecule has 216 valence electrons. The van der Waals surface area contributed by atoms with Crippen LogP contribution in [0.2, 0.25) is 0 Å². The Bertz CT molecular complexity index is 1280. The number of amides is 3. The Kier molecular flexibility index (Phi) is 7.39. The standard InChI is InChI=1S/C24H29F3N8O5/c1-13(24(25,26)27)31-21(36)19-28-8-16-20(33-19)35(14-5-4-6-34(16)9-14)22(37)32-17-7-18(30-12-29-17)38-10-15-11-39-23(2,3)40-15/h7-8,12-15H,4-6,9-11H2,1-3H3,(H,31,36)(H,29,30,32,37)/t13-,14?,15+/m1/s1. The normalized spacial score (nSPS) is 22.4. The summed E-state index contributed by atoms with van der Waals surface area (Å²) in [7, 11) is 0. The molecule has 3 amide bonds. The van der Waals surface area contributed by atoms with E-state index in [1.165, 1.54) is 23.5 Å². The number of hydrogen-bond donors (Lipinski definition) is 2. The number of carbonyl (C=O) groups excluding carboxylic acids is 2. The third-order valence-electron chi connectivity index (χ3n) is 6.70. The van der Waals surface area contributed by atoms with Crippen molar-refractivity contribution in [3.05, 3.63) is 24.4 Å². The van der Waals surface area contributed by atoms with Crippen molar-refractivity contribution in [2.45, 2.75) is 63.8 Å². The molecule has 3 atom stereocenters. The van der Waals surface area contributed by atoms with Gasteiger partial charge in [-0.1, -0.05) is 0 Å². The molecule has 2 aromatic rings. The van der Waals surface area contributed by atoms with Crippen molar-refractivity contribution in [1.82, 2.24) is 25.3 Å². The van der Waals surface area contributed by atoms with Crippen molar-refractivity contribution >= 4 is 29.3 Å². The Morgan fingerprint density at radius 3 is 2.80 bits per heavy atom. The van der Waals surface area contributed by atoms with Crippen LogP contribution in [-0.4, -0.2) is 88.3 Å². The molecular formula is C24H29F3N8O5. The fourth-order valence-corrected chi connectivity index (χ4v) is 4.72. The molecule has 2 fully saturated rings. The third-order valence-corrected chi connectivity index (χ3v) is 6.70. The van der Waals surface area contributed by atoms with Gasteiger partial charge in [0.05, 0.1) is 24.5 Å². The smallest absolute Gasteiger partial charge is 0.408 e. The molecule has 40 heavy (non-hydrogen) atoms. The summed E-state index contributed by atoms with van der Waals surface area (Å²) in [5.41, 5.74) is 0.500. The lowest BCUT2D eigenvalue weighted by Gasteiger charge is -2.45. The molecule has 3 aliphatic rings. The van der Waals surface area contributed by atoms with Crippen molar-refractivity contribution in [1.29, 1.82) is 0 Å². The topological polar surface area (TPSA) is 144 Å². The minimum Gasteiger partial charge on any atom is -0.475 e. The van der Waals surface area contributed by atoms with E-state index in [0.717, 1.165) is 13.3 Å². The number of anilines is 3. The van der Waals surface area contributed by atoms with Gasteiger partial charge < -0.3 is 24.4 Å². The van der Waals surface area contributed by atoms with Crippen LogP contribution in [0.4, 0.5) is 35.3 Å². The number of nitrogens with one attached hydrogen (secondary N) is 2. The Morgan fingerprint density at radius 2 is 2.08 bits per heavy atom. The van der Waals surface area contributed by atoms with E-state index in [0.29, 0.717) is 31.8 Å². The van der Waals surface area contributed by atoms with Gasteiger partial charge in [0.25, 0.3) is 5.91 Å². The van der Waals surface area contributed by atoms with E-state index in [1.807, 2.05) is 10.2 Å². The fraction of sp³-hybridized carbons (Fsp3) is 0.583. The van der Waals surface area contributed by atoms with Crippen molar-refractivity contribution in [3.63, 3.8) is 0 Å². The number of aromatic nitrogens is 4. The minimum atomic E-state index is -4.63. The molecule has 1 unspecified atom stereocenters. The number of urea groups is 1. The van der Waals surface area contributed by atoms with E-state index in [-0.39, 0.29) is 36.3 Å². The van der Waals surface area contributed by atoms with Crippen LogP contribution in [0.3, 0.4) is 0 Å². The molecule has 0 spiro atoms. The van der Waals surface area contributed by atoms with E-state index >= 15 is 0 Å². The molecule has 5 heterocycles. The second kappa shape index (κ2) is 10.6. The molecule has 5 rings (SSSR count). The van der Waals surface area contributed by atoms with Gasteiger partial charge in [-0.25, -0.2) is 24.7 Å². The summed E-state index contributed by atoms with van der Waals surface area (Å²) in [6, 6.07) is -1.52. The van der Waals surface area contributed by atoms with Crippen LogP contribution >= 0.6 is 0 Å². The van der Waals surface area contributed by atoms with Gasteiger partial charge in [0.2, 0.25) is 11.7 Å². The molecule has 2 saturated heterocycles. The molecule has 2 N–H and O–H groups in total. The summed E-state index contributed by atoms with van der Waals surface area (Å²) < 4.78 is 55.8. The summed E-state index contributed by atoms with van der Waals surface area (Å²) in [4.78, 5) is 45.8. The number of alkyl halides is 3. The number of halogens is 3. The average Bonchev–Trinajstić information content (AvgIpc) is 3.25. The SMILES string of the molecule is C[C@@H](NC(=O)c1ncc2c(n1)N(C(=O)Nc1cc(OC[C@H]3COC(C)(C)O3)ncn1)C1CCCN2C1)C(F)(F)F. The summed E-state index contributed by atoms with van der Waals surface area (Å²) in [5, 5.41) is 4.56. The molecule has 2 aromatic heterocycles. The summed E-state index contributed by atoms with van der Waals surface area (Å²) >= 11 is 0. The predicted molar refractivity (Wildman–Crippen MR) is 134 cm³/mol. The van der Waals surface area contributed by atoms with E-state index in [2.05, 4.69) is 25.3 Å². The Hall–Kier alpha value is -3.79. The van der Waals surface area contributed by atoms with E-state index in [1.54, 1.807) is 13.8 Å². The number of piperidine rings is 1. The third kappa shape index (κ3) is 6.01. The summed E-state index contributed by atoms with van der Waals surface area (Å²) in [6.45, 7) is 6.18. The lowest BCUT2D eigenvalue weighted by Crippen LogP contribution is -2.56. The molecular weight excluding hydrogens is 537 g/mol. The molecule has 2 bridgehead atoms. The van der Waals surface area contributed by atoms with Gasteiger partial charge in [-0.3, -0.25) is 15.0 Å². The van der Waals surface area contributed by atoms with E-state index < -0.39 is 35.8 Å². The lowest BCUT2D eigenvalue weighted by molar-refractivity contribution is -0.149. The monoisotopic (exact) mass is 566 g/mol. The Labute approximate surface area is 227 Å². The first-order valence-corrected chi connectivity index (χ1v) is 12.8. The molecule has 0 saturated carbocycles. The van der Waals surface area contributed by atoms with Crippen LogP contribution in [0.1, 0.15) is 44.2 Å². The zero-order valence-electron chi connectivity index (χ0n) is 22.1. The zero-order chi connectivity index (χ0) is 28.7. The van der Waals surface area contributed by atoms with Gasteiger partial charge in [0, 0.05) is 19.2 Å². The van der Waals surface area contributed by atoms with Gasteiger partial charge in [-0.15, -0.1) is 0 Å². The molecule has 3 aliphatic heterocycles. The highest BCUT2D eigenvalue weighted by atomic mass is 19.4. The number of rotatable bonds is 6. The van der Waals surface area contributed by atoms with E-state index in [9.17, 15) is 22.8 Å². The van der Waals surface area contributed by atoms with Gasteiger partial charge in [-0.05, 0) is 33.6 Å². The first-order chi connectivity index (χ1) is 18.9. The Morgan fingerprint density at radius 1 is 1.27 bits per heavy atom. The number of nitrogens with zero attached hydrogens (tertiary/aromatic N) is 6. The maximum Gasteiger partial charge on any atom is 0.408 e. The van der Waals surface area contributed by atoms with Crippen molar-refractivity contribution in [3.8, 4) is 5.88 Å². The van der Waals surface area contributed by atoms with Crippen LogP contribution in [-0.2, 0) is 9.47 Å². The highest BCUT2D eigenvalue weighted by molar-refractivity contribution is 6.04. The number of fused-ring (bicyclic) bond motifs is 4. The van der Waals surface area contributed by atoms with Crippen LogP contribution in [0, 0.1) is 0 Å². The summed E-state index contributed by atoms with van der Waals surface area (Å²) in [6.07, 6.45) is -0.865. The number of ether oxygens (including phenoxy) is 3. The highest BCUT2D eigenvalue weighted by Crippen LogP contribution is 2.37. The van der Waals surface area contributed by atoms with E-state index in [4.69, 9.17) is 14.2 Å². The number of carbonyl (C=O) groups is 2. The summed E-state index contributed by atoms with van der Waals surface area (Å²) in [5.74, 6) is -1.78. The van der Waals surface area contributed by atoms with Gasteiger partial charge >= 0.3 is 12.2 Å². The second-order valence-electron chi connectivity index (χ2n) is 10.2. The Balaban J connectivity index is 1.33. The van der Waals surface area contributed by atoms with Gasteiger partial charge in [0.15, 0.2) is 11.6 Å². The fourth-order valence-electron chi connectivity index (χ4n) is 4.72. The molecule has 16 heteroatoms. The maximum atomic E-state index is 13.5. The highest BCUT2D eigenvalue weighted by Gasteiger charge is 2.41. The molecule has 0 aliphatic carbocycles. The minimum absolute atomic E-state index is 0.125. The second-order valence-corrected chi connectivity index (χ2v) is 10.2. The van der Waals surface area contributed by atoms with Gasteiger partial charge in [-0.2, -0.15) is 13.2 Å². The zero-order valence-corrected chi connectivity index (χ0v) is 22.1. The average molecular weight is 567 g/mol. The van der Waals surface area contributed by atoms with Crippen LogP contribution in [0.15, 0.2) is 18.6 Å². The first kappa shape index (κ1) is 27.8. The van der Waals surface area contributed by atoms with Crippen LogP contribution in [0.25, 0.3) is 0 Å². The number of hydrogen-bond acceptors (Lipinski definition) is 10. The lowest BCUT2D eigenvalue weighted by atomic mass is 10.0. The molecule has 13 nitrogen and oxygen atoms in total. The van der Waals surface area contributed by atoms with Crippen molar-refractivity contribution < 1.29 is 37.0 Å². The maximum absolute atomic E-state index is 13.5. The van der Waals surface area contributed by atoms with Crippen LogP contribution in [0.5, 0.6) is 5.88 Å². The first-order valence-electron chi connectivity index (χ1n) is 12.8. The van der Waals surface area contributed by atoms with Gasteiger partial charge in [0.1, 0.15) is 30.9 Å². The van der Waals surface area contributed by atoms with Crippen LogP contribution < -0.4 is 25.2 Å². The predicted octanol–water partition coefficient (Wildman–Crippen LogP) is 2.50. The quantitative estimate of drug-likeness (QED) is 0.535. The molecule has 0 radical (unpaired) electrons. The van der Waals surface area contributed by atoms with Crippen molar-refractivity contribution in [2.24, 2.45) is 0 Å². The largest absolute Gasteiger partial charge is 0.475 e. The van der Waals surface area contributed by atoms with Crippen molar-refractivity contribution in [2.75, 3.05) is 41.4 Å².